The molecule has 1 aromatic carbocycles. The molecule has 0 amide bonds. The first-order valence-electron chi connectivity index (χ1n) is 4.82. The second-order valence-electron chi connectivity index (χ2n) is 3.45. The first-order chi connectivity index (χ1) is 7.54. The van der Waals surface area contributed by atoms with E-state index in [-0.39, 0.29) is 5.75 Å². The molecule has 1 atom stereocenters. The number of phenols is 1. The van der Waals surface area contributed by atoms with E-state index in [9.17, 15) is 4.79 Å². The van der Waals surface area contributed by atoms with Crippen molar-refractivity contribution in [1.82, 2.24) is 5.06 Å². The number of aliphatic carboxylic acids is 1. The van der Waals surface area contributed by atoms with Crippen LogP contribution < -0.4 is 0 Å². The van der Waals surface area contributed by atoms with E-state index in [2.05, 4.69) is 0 Å². The van der Waals surface area contributed by atoms with Gasteiger partial charge in [-0.2, -0.15) is 5.06 Å². The summed E-state index contributed by atoms with van der Waals surface area (Å²) in [5.41, 5.74) is 0.828. The molecule has 2 N–H and O–H groups in total. The van der Waals surface area contributed by atoms with Crippen molar-refractivity contribution in [3.63, 3.8) is 0 Å². The minimum Gasteiger partial charge on any atom is -0.508 e. The van der Waals surface area contributed by atoms with Crippen LogP contribution >= 0.6 is 0 Å². The van der Waals surface area contributed by atoms with Gasteiger partial charge in [0.25, 0.3) is 0 Å². The highest BCUT2D eigenvalue weighted by Crippen LogP contribution is 2.13. The van der Waals surface area contributed by atoms with Gasteiger partial charge in [0, 0.05) is 13.5 Å². The molecule has 0 saturated heterocycles. The highest BCUT2D eigenvalue weighted by atomic mass is 16.7. The van der Waals surface area contributed by atoms with Gasteiger partial charge < -0.3 is 15.1 Å². The largest absolute Gasteiger partial charge is 0.508 e. The second-order valence-corrected chi connectivity index (χ2v) is 3.45. The molecule has 0 aliphatic heterocycles. The van der Waals surface area contributed by atoms with Crippen LogP contribution in [0.4, 0.5) is 0 Å². The van der Waals surface area contributed by atoms with E-state index in [0.717, 1.165) is 5.56 Å². The second kappa shape index (κ2) is 5.48. The minimum absolute atomic E-state index is 0.163. The first-order valence-corrected chi connectivity index (χ1v) is 4.82. The van der Waals surface area contributed by atoms with Gasteiger partial charge in [0.15, 0.2) is 0 Å². The third-order valence-corrected chi connectivity index (χ3v) is 2.38. The predicted octanol–water partition coefficient (Wildman–Crippen LogP) is 0.881. The molecule has 88 valence electrons. The highest BCUT2D eigenvalue weighted by Gasteiger charge is 2.22. The number of likely N-dealkylation sites (N-methyl/N-ethyl adjacent to an activating group) is 1. The SMILES string of the molecule is CON(C)[C@@H](Cc1ccc(O)cc1)C(=O)O. The van der Waals surface area contributed by atoms with Gasteiger partial charge in [0.1, 0.15) is 11.8 Å². The number of rotatable bonds is 5. The van der Waals surface area contributed by atoms with Gasteiger partial charge in [-0.25, -0.2) is 0 Å². The average Bonchev–Trinajstić information content (AvgIpc) is 2.27. The van der Waals surface area contributed by atoms with Crippen LogP contribution in [0.5, 0.6) is 5.75 Å². The Morgan fingerprint density at radius 3 is 2.44 bits per heavy atom. The molecule has 0 unspecified atom stereocenters. The van der Waals surface area contributed by atoms with Crippen molar-refractivity contribution in [1.29, 1.82) is 0 Å². The van der Waals surface area contributed by atoms with Crippen LogP contribution in [0.15, 0.2) is 24.3 Å². The maximum Gasteiger partial charge on any atom is 0.323 e. The normalized spacial score (nSPS) is 12.7. The fourth-order valence-corrected chi connectivity index (χ4v) is 1.35. The number of hydrogen-bond acceptors (Lipinski definition) is 4. The van der Waals surface area contributed by atoms with E-state index in [1.807, 2.05) is 0 Å². The van der Waals surface area contributed by atoms with E-state index >= 15 is 0 Å². The van der Waals surface area contributed by atoms with Gasteiger partial charge in [0.05, 0.1) is 7.11 Å². The molecule has 0 saturated carbocycles. The number of phenolic OH excluding ortho intramolecular Hbond substituents is 1. The van der Waals surface area contributed by atoms with E-state index in [1.165, 1.54) is 24.3 Å². The summed E-state index contributed by atoms with van der Waals surface area (Å²) in [5, 5.41) is 19.4. The van der Waals surface area contributed by atoms with Gasteiger partial charge in [-0.3, -0.25) is 4.79 Å². The number of hydrogen-bond donors (Lipinski definition) is 2. The number of carbonyl (C=O) groups is 1. The van der Waals surface area contributed by atoms with Crippen LogP contribution in [0, 0.1) is 0 Å². The molecule has 5 nitrogen and oxygen atoms in total. The minimum atomic E-state index is -0.947. The Labute approximate surface area is 93.8 Å². The van der Waals surface area contributed by atoms with E-state index < -0.39 is 12.0 Å². The van der Waals surface area contributed by atoms with Crippen LogP contribution in [0.3, 0.4) is 0 Å². The molecule has 0 aliphatic carbocycles. The van der Waals surface area contributed by atoms with E-state index in [0.29, 0.717) is 6.42 Å². The molecule has 0 radical (unpaired) electrons. The van der Waals surface area contributed by atoms with Crippen LogP contribution in [-0.2, 0) is 16.1 Å². The standard InChI is InChI=1S/C11H15NO4/c1-12(16-2)10(11(14)15)7-8-3-5-9(13)6-4-8/h3-6,10,13H,7H2,1-2H3,(H,14,15)/t10-/m0/s1. The van der Waals surface area contributed by atoms with Crippen LogP contribution in [0.25, 0.3) is 0 Å². The smallest absolute Gasteiger partial charge is 0.323 e. The summed E-state index contributed by atoms with van der Waals surface area (Å²) >= 11 is 0. The van der Waals surface area contributed by atoms with Gasteiger partial charge in [0.2, 0.25) is 0 Å². The van der Waals surface area contributed by atoms with E-state index in [4.69, 9.17) is 15.1 Å². The topological polar surface area (TPSA) is 70.0 Å². The molecule has 1 aromatic rings. The highest BCUT2D eigenvalue weighted by molar-refractivity contribution is 5.73. The summed E-state index contributed by atoms with van der Waals surface area (Å²) in [6.45, 7) is 0. The van der Waals surface area contributed by atoms with Gasteiger partial charge in [-0.15, -0.1) is 0 Å². The molecule has 1 rings (SSSR count). The van der Waals surface area contributed by atoms with Gasteiger partial charge in [-0.05, 0) is 17.7 Å². The van der Waals surface area contributed by atoms with Crippen molar-refractivity contribution in [3.8, 4) is 5.75 Å². The Hall–Kier alpha value is -1.59. The lowest BCUT2D eigenvalue weighted by Crippen LogP contribution is -2.39. The maximum atomic E-state index is 11.0. The molecule has 0 aromatic heterocycles. The fourth-order valence-electron chi connectivity index (χ4n) is 1.35. The summed E-state index contributed by atoms with van der Waals surface area (Å²) in [7, 11) is 2.99. The Morgan fingerprint density at radius 2 is 2.00 bits per heavy atom. The molecule has 0 aliphatic rings. The zero-order chi connectivity index (χ0) is 12.1. The number of carboxylic acid groups (broad SMARTS) is 1. The summed E-state index contributed by atoms with van der Waals surface area (Å²) in [6.07, 6.45) is 0.319. The zero-order valence-corrected chi connectivity index (χ0v) is 9.25. The number of benzene rings is 1. The first kappa shape index (κ1) is 12.5. The lowest BCUT2D eigenvalue weighted by molar-refractivity contribution is -0.173. The summed E-state index contributed by atoms with van der Waals surface area (Å²) < 4.78 is 0. The number of carboxylic acids is 1. The van der Waals surface area contributed by atoms with Crippen LogP contribution in [0.2, 0.25) is 0 Å². The Morgan fingerprint density at radius 1 is 1.44 bits per heavy atom. The summed E-state index contributed by atoms with van der Waals surface area (Å²) in [6, 6.07) is 5.69. The lowest BCUT2D eigenvalue weighted by Gasteiger charge is -2.21. The molecule has 16 heavy (non-hydrogen) atoms. The summed E-state index contributed by atoms with van der Waals surface area (Å²) in [5.74, 6) is -0.784. The zero-order valence-electron chi connectivity index (χ0n) is 9.25. The van der Waals surface area contributed by atoms with Crippen molar-refractivity contribution in [2.75, 3.05) is 14.2 Å². The molecule has 0 bridgehead atoms. The molecule has 0 spiro atoms. The Balaban J connectivity index is 2.75. The lowest BCUT2D eigenvalue weighted by atomic mass is 10.1. The van der Waals surface area contributed by atoms with Crippen LogP contribution in [0.1, 0.15) is 5.56 Å². The number of aromatic hydroxyl groups is 1. The molecule has 5 heteroatoms. The quantitative estimate of drug-likeness (QED) is 0.728. The molecule has 0 heterocycles. The van der Waals surface area contributed by atoms with Crippen molar-refractivity contribution in [2.45, 2.75) is 12.5 Å². The number of nitrogens with zero attached hydrogens (tertiary/aromatic N) is 1. The van der Waals surface area contributed by atoms with E-state index in [1.54, 1.807) is 19.2 Å². The van der Waals surface area contributed by atoms with Crippen molar-refractivity contribution < 1.29 is 19.8 Å². The molecular weight excluding hydrogens is 210 g/mol. The monoisotopic (exact) mass is 225 g/mol. The average molecular weight is 225 g/mol. The third-order valence-electron chi connectivity index (χ3n) is 2.38. The summed E-state index contributed by atoms with van der Waals surface area (Å²) in [4.78, 5) is 15.9. The molecule has 0 fully saturated rings. The fraction of sp³-hybridized carbons (Fsp3) is 0.364. The molecular formula is C11H15NO4. The third kappa shape index (κ3) is 3.22. The Kier molecular flexibility index (Phi) is 4.28. The number of hydroxylamine groups is 2. The van der Waals surface area contributed by atoms with Crippen molar-refractivity contribution >= 4 is 5.97 Å². The Bertz CT molecular complexity index is 350. The van der Waals surface area contributed by atoms with Crippen molar-refractivity contribution in [2.24, 2.45) is 0 Å². The van der Waals surface area contributed by atoms with Gasteiger partial charge >= 0.3 is 5.97 Å². The van der Waals surface area contributed by atoms with Gasteiger partial charge in [-0.1, -0.05) is 12.1 Å². The predicted molar refractivity (Wildman–Crippen MR) is 58.0 cm³/mol. The van der Waals surface area contributed by atoms with Crippen molar-refractivity contribution in [3.05, 3.63) is 29.8 Å². The van der Waals surface area contributed by atoms with Crippen LogP contribution in [-0.4, -0.2) is 41.4 Å². The maximum absolute atomic E-state index is 11.0.